The number of unbranched alkanes of at least 4 members (excludes halogenated alkanes) is 1. The number of fused-ring (bicyclic) bond motifs is 1. The van der Waals surface area contributed by atoms with Crippen LogP contribution in [-0.4, -0.2) is 32.0 Å². The third kappa shape index (κ3) is 5.81. The first kappa shape index (κ1) is 20.9. The number of rotatable bonds is 8. The summed E-state index contributed by atoms with van der Waals surface area (Å²) in [6.07, 6.45) is 2.91. The zero-order chi connectivity index (χ0) is 20.9. The molecule has 0 aromatic heterocycles. The van der Waals surface area contributed by atoms with Crippen molar-refractivity contribution < 1.29 is 17.4 Å². The van der Waals surface area contributed by atoms with Crippen LogP contribution in [0, 0.1) is 0 Å². The van der Waals surface area contributed by atoms with Crippen LogP contribution < -0.4 is 4.18 Å². The Kier molecular flexibility index (Phi) is 6.54. The molecule has 0 N–H and O–H groups in total. The van der Waals surface area contributed by atoms with Gasteiger partial charge in [-0.3, -0.25) is 4.79 Å². The Bertz CT molecular complexity index is 1090. The fourth-order valence-electron chi connectivity index (χ4n) is 3.15. The predicted molar refractivity (Wildman–Crippen MR) is 116 cm³/mol. The Hall–Kier alpha value is -2.86. The molecule has 5 nitrogen and oxygen atoms in total. The van der Waals surface area contributed by atoms with Crippen molar-refractivity contribution in [3.63, 3.8) is 0 Å². The number of amides is 1. The van der Waals surface area contributed by atoms with Gasteiger partial charge >= 0.3 is 10.1 Å². The molecule has 152 valence electrons. The van der Waals surface area contributed by atoms with E-state index in [2.05, 4.69) is 6.92 Å². The van der Waals surface area contributed by atoms with Crippen LogP contribution in [0.3, 0.4) is 0 Å². The summed E-state index contributed by atoms with van der Waals surface area (Å²) in [6.45, 7) is 3.20. The molecule has 0 saturated carbocycles. The molecule has 0 aliphatic heterocycles. The highest BCUT2D eigenvalue weighted by Gasteiger charge is 2.16. The van der Waals surface area contributed by atoms with Gasteiger partial charge in [0.1, 0.15) is 5.75 Å². The molecule has 0 fully saturated rings. The molecule has 0 saturated heterocycles. The van der Waals surface area contributed by atoms with Gasteiger partial charge in [0.25, 0.3) is 5.91 Å². The maximum Gasteiger partial charge on any atom is 0.306 e. The number of nitrogens with zero attached hydrogens (tertiary/aromatic N) is 1. The van der Waals surface area contributed by atoms with Crippen molar-refractivity contribution in [3.05, 3.63) is 77.9 Å². The van der Waals surface area contributed by atoms with Crippen LogP contribution in [0.25, 0.3) is 10.8 Å². The second kappa shape index (κ2) is 9.09. The Morgan fingerprint density at radius 3 is 2.31 bits per heavy atom. The van der Waals surface area contributed by atoms with Crippen LogP contribution in [0.4, 0.5) is 0 Å². The lowest BCUT2D eigenvalue weighted by Gasteiger charge is -2.23. The molecule has 0 aliphatic carbocycles. The molecule has 3 aromatic rings. The van der Waals surface area contributed by atoms with Gasteiger partial charge in [-0.2, -0.15) is 8.42 Å². The van der Waals surface area contributed by atoms with E-state index in [1.54, 1.807) is 24.3 Å². The fourth-order valence-corrected chi connectivity index (χ4v) is 3.61. The first-order valence-electron chi connectivity index (χ1n) is 9.62. The molecule has 0 radical (unpaired) electrons. The Morgan fingerprint density at radius 2 is 1.66 bits per heavy atom. The van der Waals surface area contributed by atoms with Crippen LogP contribution in [0.1, 0.15) is 35.7 Å². The number of carbonyl (C=O) groups excluding carboxylic acids is 1. The Morgan fingerprint density at radius 1 is 0.966 bits per heavy atom. The topological polar surface area (TPSA) is 63.7 Å². The molecule has 29 heavy (non-hydrogen) atoms. The smallest absolute Gasteiger partial charge is 0.306 e. The van der Waals surface area contributed by atoms with Crippen molar-refractivity contribution >= 4 is 26.8 Å². The second-order valence-electron chi connectivity index (χ2n) is 7.07. The van der Waals surface area contributed by atoms with E-state index in [0.29, 0.717) is 18.7 Å². The average molecular weight is 412 g/mol. The summed E-state index contributed by atoms with van der Waals surface area (Å²) >= 11 is 0. The summed E-state index contributed by atoms with van der Waals surface area (Å²) in [5, 5.41) is 2.14. The number of carbonyl (C=O) groups is 1. The van der Waals surface area contributed by atoms with Crippen molar-refractivity contribution in [1.82, 2.24) is 4.90 Å². The van der Waals surface area contributed by atoms with Gasteiger partial charge in [-0.15, -0.1) is 0 Å². The van der Waals surface area contributed by atoms with Crippen LogP contribution in [0.2, 0.25) is 0 Å². The highest BCUT2D eigenvalue weighted by atomic mass is 32.2. The number of hydrogen-bond acceptors (Lipinski definition) is 4. The van der Waals surface area contributed by atoms with Crippen molar-refractivity contribution in [2.75, 3.05) is 12.8 Å². The molecule has 0 aliphatic rings. The highest BCUT2D eigenvalue weighted by Crippen LogP contribution is 2.20. The normalized spacial score (nSPS) is 11.4. The first-order chi connectivity index (χ1) is 13.9. The first-order valence-corrected chi connectivity index (χ1v) is 11.4. The molecule has 3 rings (SSSR count). The van der Waals surface area contributed by atoms with Gasteiger partial charge in [0, 0.05) is 18.7 Å². The number of hydrogen-bond donors (Lipinski definition) is 0. The van der Waals surface area contributed by atoms with Crippen LogP contribution in [-0.2, 0) is 16.7 Å². The van der Waals surface area contributed by atoms with E-state index in [4.69, 9.17) is 4.18 Å². The average Bonchev–Trinajstić information content (AvgIpc) is 2.70. The van der Waals surface area contributed by atoms with Crippen LogP contribution >= 0.6 is 0 Å². The van der Waals surface area contributed by atoms with E-state index in [-0.39, 0.29) is 11.7 Å². The number of benzene rings is 3. The summed E-state index contributed by atoms with van der Waals surface area (Å²) in [5.74, 6) is 0.248. The standard InChI is InChI=1S/C23H25NO4S/c1-3-4-15-24(17-18-9-13-22(14-10-18)28-29(2,26)27)23(25)21-12-11-19-7-5-6-8-20(19)16-21/h5-14,16H,3-4,15,17H2,1-2H3. The predicted octanol–water partition coefficient (Wildman–Crippen LogP) is 4.62. The van der Waals surface area contributed by atoms with Gasteiger partial charge in [0.05, 0.1) is 6.26 Å². The molecule has 0 atom stereocenters. The summed E-state index contributed by atoms with van der Waals surface area (Å²) in [5.41, 5.74) is 1.58. The van der Waals surface area contributed by atoms with E-state index < -0.39 is 10.1 Å². The molecule has 0 unspecified atom stereocenters. The van der Waals surface area contributed by atoms with Crippen LogP contribution in [0.5, 0.6) is 5.75 Å². The molecular formula is C23H25NO4S. The minimum Gasteiger partial charge on any atom is -0.383 e. The van der Waals surface area contributed by atoms with E-state index in [0.717, 1.165) is 35.4 Å². The van der Waals surface area contributed by atoms with Gasteiger partial charge in [0.15, 0.2) is 0 Å². The molecule has 3 aromatic carbocycles. The van der Waals surface area contributed by atoms with E-state index in [9.17, 15) is 13.2 Å². The van der Waals surface area contributed by atoms with Crippen molar-refractivity contribution in [3.8, 4) is 5.75 Å². The Balaban J connectivity index is 1.80. The minimum atomic E-state index is -3.56. The zero-order valence-corrected chi connectivity index (χ0v) is 17.5. The second-order valence-corrected chi connectivity index (χ2v) is 8.65. The Labute approximate surface area is 172 Å². The van der Waals surface area contributed by atoms with E-state index >= 15 is 0 Å². The molecule has 0 heterocycles. The lowest BCUT2D eigenvalue weighted by Crippen LogP contribution is -2.31. The monoisotopic (exact) mass is 411 g/mol. The molecule has 1 amide bonds. The van der Waals surface area contributed by atoms with Crippen molar-refractivity contribution in [1.29, 1.82) is 0 Å². The summed E-state index contributed by atoms with van der Waals surface area (Å²) in [7, 11) is -3.56. The van der Waals surface area contributed by atoms with Crippen molar-refractivity contribution in [2.45, 2.75) is 26.3 Å². The highest BCUT2D eigenvalue weighted by molar-refractivity contribution is 7.86. The van der Waals surface area contributed by atoms with Gasteiger partial charge < -0.3 is 9.08 Å². The lowest BCUT2D eigenvalue weighted by atomic mass is 10.1. The van der Waals surface area contributed by atoms with Gasteiger partial charge in [-0.05, 0) is 47.0 Å². The third-order valence-corrected chi connectivity index (χ3v) is 5.10. The zero-order valence-electron chi connectivity index (χ0n) is 16.7. The summed E-state index contributed by atoms with van der Waals surface area (Å²) in [4.78, 5) is 15.0. The fraction of sp³-hybridized carbons (Fsp3) is 0.261. The summed E-state index contributed by atoms with van der Waals surface area (Å²) in [6, 6.07) is 20.5. The largest absolute Gasteiger partial charge is 0.383 e. The minimum absolute atomic E-state index is 0.0133. The maximum atomic E-state index is 13.2. The molecule has 0 bridgehead atoms. The lowest BCUT2D eigenvalue weighted by molar-refractivity contribution is 0.0741. The van der Waals surface area contributed by atoms with E-state index in [1.165, 1.54) is 0 Å². The maximum absolute atomic E-state index is 13.2. The van der Waals surface area contributed by atoms with Crippen LogP contribution in [0.15, 0.2) is 66.7 Å². The van der Waals surface area contributed by atoms with E-state index in [1.807, 2.05) is 47.4 Å². The quantitative estimate of drug-likeness (QED) is 0.507. The third-order valence-electron chi connectivity index (χ3n) is 4.61. The SMILES string of the molecule is CCCCN(Cc1ccc(OS(C)(=O)=O)cc1)C(=O)c1ccc2ccccc2c1. The van der Waals surface area contributed by atoms with Crippen molar-refractivity contribution in [2.24, 2.45) is 0 Å². The molecular weight excluding hydrogens is 386 g/mol. The van der Waals surface area contributed by atoms with Gasteiger partial charge in [-0.25, -0.2) is 0 Å². The van der Waals surface area contributed by atoms with Gasteiger partial charge in [0.2, 0.25) is 0 Å². The van der Waals surface area contributed by atoms with Gasteiger partial charge in [-0.1, -0.05) is 55.8 Å². The molecule has 6 heteroatoms. The summed E-state index contributed by atoms with van der Waals surface area (Å²) < 4.78 is 27.4. The molecule has 0 spiro atoms.